The minimum absolute atomic E-state index is 0.0451. The second-order valence-electron chi connectivity index (χ2n) is 9.04. The van der Waals surface area contributed by atoms with Gasteiger partial charge in [0.05, 0.1) is 12.1 Å². The predicted molar refractivity (Wildman–Crippen MR) is 121 cm³/mol. The van der Waals surface area contributed by atoms with Crippen molar-refractivity contribution in [1.82, 2.24) is 34.4 Å². The molecule has 7 rings (SSSR count). The number of benzene rings is 1. The van der Waals surface area contributed by atoms with Gasteiger partial charge in [0, 0.05) is 30.7 Å². The van der Waals surface area contributed by atoms with Crippen LogP contribution in [0.15, 0.2) is 41.5 Å². The molecule has 1 aromatic carbocycles. The Morgan fingerprint density at radius 1 is 1.06 bits per heavy atom. The van der Waals surface area contributed by atoms with Crippen molar-refractivity contribution < 1.29 is 0 Å². The highest BCUT2D eigenvalue weighted by molar-refractivity contribution is 5.77. The maximum absolute atomic E-state index is 13.2. The number of anilines is 2. The van der Waals surface area contributed by atoms with Crippen LogP contribution in [0.25, 0.3) is 16.9 Å². The van der Waals surface area contributed by atoms with Crippen LogP contribution in [0.2, 0.25) is 0 Å². The maximum atomic E-state index is 13.2. The summed E-state index contributed by atoms with van der Waals surface area (Å²) in [6.45, 7) is 1.90. The first-order valence-corrected chi connectivity index (χ1v) is 11.4. The summed E-state index contributed by atoms with van der Waals surface area (Å²) in [6.07, 6.45) is 8.99. The number of fused-ring (bicyclic) bond motifs is 2. The highest BCUT2D eigenvalue weighted by Crippen LogP contribution is 2.37. The Labute approximate surface area is 184 Å². The molecule has 4 heterocycles. The van der Waals surface area contributed by atoms with E-state index in [4.69, 9.17) is 10.1 Å². The minimum atomic E-state index is -0.0451. The van der Waals surface area contributed by atoms with Crippen molar-refractivity contribution in [3.05, 3.63) is 58.1 Å². The van der Waals surface area contributed by atoms with E-state index in [1.54, 1.807) is 6.20 Å². The molecule has 0 amide bonds. The summed E-state index contributed by atoms with van der Waals surface area (Å²) in [7, 11) is 0. The molecule has 9 heteroatoms. The number of nitrogens with one attached hydrogen (secondary N) is 2. The zero-order chi connectivity index (χ0) is 21.2. The molecule has 2 aliphatic carbocycles. The van der Waals surface area contributed by atoms with Crippen molar-refractivity contribution in [3.63, 3.8) is 0 Å². The van der Waals surface area contributed by atoms with E-state index in [1.807, 2.05) is 26.3 Å². The Morgan fingerprint density at radius 2 is 1.94 bits per heavy atom. The lowest BCUT2D eigenvalue weighted by atomic mass is 10.0. The second-order valence-corrected chi connectivity index (χ2v) is 9.04. The third-order valence-corrected chi connectivity index (χ3v) is 6.60. The van der Waals surface area contributed by atoms with Crippen LogP contribution < -0.4 is 16.2 Å². The summed E-state index contributed by atoms with van der Waals surface area (Å²) in [5.74, 6) is 1.22. The molecule has 3 aromatic heterocycles. The second kappa shape index (κ2) is 6.77. The van der Waals surface area contributed by atoms with Gasteiger partial charge in [0.25, 0.3) is 5.56 Å². The standard InChI is InChI=1S/C23H24N8O/c32-22-19-13-25-23(26-16-2-1-15-12-24-9-7-14(15)11-16)27-21(19)31(30(22)18-5-6-18)20-8-10-29(28-20)17-3-4-17/h1-2,8,10-11,13,17-18,24H,3-7,9,12H2,(H,25,26,27). The zero-order valence-electron chi connectivity index (χ0n) is 17.7. The normalized spacial score (nSPS) is 18.1. The Balaban J connectivity index is 1.32. The molecule has 2 fully saturated rings. The van der Waals surface area contributed by atoms with Gasteiger partial charge in [-0.2, -0.15) is 10.1 Å². The van der Waals surface area contributed by atoms with E-state index in [2.05, 4.69) is 33.8 Å². The molecular weight excluding hydrogens is 404 g/mol. The largest absolute Gasteiger partial charge is 0.324 e. The smallest absolute Gasteiger partial charge is 0.278 e. The van der Waals surface area contributed by atoms with Crippen LogP contribution in [-0.4, -0.2) is 35.7 Å². The fraction of sp³-hybridized carbons (Fsp3) is 0.391. The van der Waals surface area contributed by atoms with Crippen LogP contribution in [-0.2, 0) is 13.0 Å². The topological polar surface area (TPSA) is 94.6 Å². The Kier molecular flexibility index (Phi) is 3.84. The average molecular weight is 429 g/mol. The molecule has 32 heavy (non-hydrogen) atoms. The molecule has 0 spiro atoms. The predicted octanol–water partition coefficient (Wildman–Crippen LogP) is 2.84. The molecule has 162 valence electrons. The first kappa shape index (κ1) is 18.1. The van der Waals surface area contributed by atoms with Crippen LogP contribution in [0.3, 0.4) is 0 Å². The molecule has 1 aliphatic heterocycles. The molecule has 2 N–H and O–H groups in total. The number of hydrogen-bond donors (Lipinski definition) is 2. The van der Waals surface area contributed by atoms with E-state index in [1.165, 1.54) is 11.1 Å². The van der Waals surface area contributed by atoms with E-state index >= 15 is 0 Å². The molecule has 4 aromatic rings. The summed E-state index contributed by atoms with van der Waals surface area (Å²) >= 11 is 0. The van der Waals surface area contributed by atoms with E-state index in [-0.39, 0.29) is 11.6 Å². The van der Waals surface area contributed by atoms with Crippen LogP contribution in [0.1, 0.15) is 48.9 Å². The number of aromatic nitrogens is 6. The molecule has 2 saturated carbocycles. The van der Waals surface area contributed by atoms with Gasteiger partial charge < -0.3 is 10.6 Å². The van der Waals surface area contributed by atoms with Crippen molar-refractivity contribution in [3.8, 4) is 5.82 Å². The van der Waals surface area contributed by atoms with Crippen molar-refractivity contribution >= 4 is 22.7 Å². The lowest BCUT2D eigenvalue weighted by molar-refractivity contribution is 0.541. The maximum Gasteiger partial charge on any atom is 0.278 e. The van der Waals surface area contributed by atoms with Gasteiger partial charge in [-0.3, -0.25) is 9.48 Å². The van der Waals surface area contributed by atoms with Gasteiger partial charge >= 0.3 is 0 Å². The van der Waals surface area contributed by atoms with E-state index in [0.29, 0.717) is 23.0 Å². The summed E-state index contributed by atoms with van der Waals surface area (Å²) < 4.78 is 5.71. The number of nitrogens with zero attached hydrogens (tertiary/aromatic N) is 6. The number of hydrogen-bond acceptors (Lipinski definition) is 6. The Hall–Kier alpha value is -3.46. The van der Waals surface area contributed by atoms with Crippen LogP contribution >= 0.6 is 0 Å². The van der Waals surface area contributed by atoms with E-state index in [9.17, 15) is 4.79 Å². The van der Waals surface area contributed by atoms with Crippen molar-refractivity contribution in [2.45, 2.75) is 50.7 Å². The van der Waals surface area contributed by atoms with Crippen molar-refractivity contribution in [1.29, 1.82) is 0 Å². The van der Waals surface area contributed by atoms with Crippen LogP contribution in [0.4, 0.5) is 11.6 Å². The summed E-state index contributed by atoms with van der Waals surface area (Å²) in [5, 5.41) is 12.0. The molecular formula is C23H24N8O. The highest BCUT2D eigenvalue weighted by Gasteiger charge is 2.32. The van der Waals surface area contributed by atoms with Crippen molar-refractivity contribution in [2.75, 3.05) is 11.9 Å². The molecule has 0 radical (unpaired) electrons. The quantitative estimate of drug-likeness (QED) is 0.508. The first-order chi connectivity index (χ1) is 15.7. The third kappa shape index (κ3) is 2.96. The van der Waals surface area contributed by atoms with Gasteiger partial charge in [0.2, 0.25) is 5.95 Å². The minimum Gasteiger partial charge on any atom is -0.324 e. The molecule has 3 aliphatic rings. The molecule has 0 atom stereocenters. The number of rotatable bonds is 5. The third-order valence-electron chi connectivity index (χ3n) is 6.60. The van der Waals surface area contributed by atoms with Gasteiger partial charge in [-0.05, 0) is 61.9 Å². The summed E-state index contributed by atoms with van der Waals surface area (Å²) in [6, 6.07) is 9.03. The van der Waals surface area contributed by atoms with Gasteiger partial charge in [-0.15, -0.1) is 0 Å². The van der Waals surface area contributed by atoms with Crippen molar-refractivity contribution in [2.24, 2.45) is 0 Å². The fourth-order valence-electron chi connectivity index (χ4n) is 4.60. The monoisotopic (exact) mass is 428 g/mol. The van der Waals surface area contributed by atoms with Gasteiger partial charge in [0.15, 0.2) is 11.5 Å². The SMILES string of the molecule is O=c1c2cnc(Nc3ccc4c(c3)CCNC4)nc2n(-c2ccn(C3CC3)n2)n1C1CC1. The lowest BCUT2D eigenvalue weighted by Gasteiger charge is -2.18. The van der Waals surface area contributed by atoms with Gasteiger partial charge in [-0.1, -0.05) is 6.07 Å². The van der Waals surface area contributed by atoms with Crippen LogP contribution in [0, 0.1) is 0 Å². The lowest BCUT2D eigenvalue weighted by Crippen LogP contribution is -2.23. The van der Waals surface area contributed by atoms with Gasteiger partial charge in [0.1, 0.15) is 5.39 Å². The highest BCUT2D eigenvalue weighted by atomic mass is 16.1. The van der Waals surface area contributed by atoms with E-state index < -0.39 is 0 Å². The Bertz CT molecular complexity index is 1410. The van der Waals surface area contributed by atoms with E-state index in [0.717, 1.165) is 56.7 Å². The van der Waals surface area contributed by atoms with Crippen LogP contribution in [0.5, 0.6) is 0 Å². The summed E-state index contributed by atoms with van der Waals surface area (Å²) in [5.41, 5.74) is 4.19. The zero-order valence-corrected chi connectivity index (χ0v) is 17.7. The summed E-state index contributed by atoms with van der Waals surface area (Å²) in [4.78, 5) is 22.4. The Morgan fingerprint density at radius 3 is 2.78 bits per heavy atom. The average Bonchev–Trinajstić information content (AvgIpc) is 3.75. The molecule has 9 nitrogen and oxygen atoms in total. The molecule has 0 unspecified atom stereocenters. The fourth-order valence-corrected chi connectivity index (χ4v) is 4.60. The molecule has 0 saturated heterocycles. The molecule has 0 bridgehead atoms. The van der Waals surface area contributed by atoms with Gasteiger partial charge in [-0.25, -0.2) is 14.3 Å². The first-order valence-electron chi connectivity index (χ1n) is 11.4.